The van der Waals surface area contributed by atoms with Gasteiger partial charge in [-0.1, -0.05) is 57.7 Å². The molecular formula is C36H39ClF5N9O3. The van der Waals surface area contributed by atoms with Gasteiger partial charge in [-0.25, -0.2) is 18.6 Å². The van der Waals surface area contributed by atoms with Crippen LogP contribution in [0, 0.1) is 16.2 Å². The lowest BCUT2D eigenvalue weighted by atomic mass is 9.70. The van der Waals surface area contributed by atoms with E-state index in [4.69, 9.17) is 32.6 Å². The molecule has 2 saturated carbocycles. The summed E-state index contributed by atoms with van der Waals surface area (Å²) in [6.45, 7) is 13.3. The standard InChI is InChI=1S/C36H39ClF5N9O3/c1-18-6-11-24-25(13-12-23(46-24)20-7-8-20)50-31(44)49(30(52)35(18,50)19(2)33(3,4)5)27(17-54-32(53)47-34(14-15-34)36(40,41)42)21-9-10-22(37)26(16-21)51(48-45)29(43)28(38)39/h6,9-13,16,20,27-28,43-44,48H,1-2,7-8,14-15,17,45H2,3-5H3,(H,47,53)/t27-,35+/m1/s1. The van der Waals surface area contributed by atoms with E-state index < -0.39 is 65.5 Å². The van der Waals surface area contributed by atoms with Gasteiger partial charge in [0.1, 0.15) is 12.1 Å². The fourth-order valence-electron chi connectivity index (χ4n) is 6.78. The zero-order valence-corrected chi connectivity index (χ0v) is 30.3. The van der Waals surface area contributed by atoms with Gasteiger partial charge in [0.2, 0.25) is 5.96 Å². The molecule has 2 aromatic rings. The predicted molar refractivity (Wildman–Crippen MR) is 193 cm³/mol. The van der Waals surface area contributed by atoms with Gasteiger partial charge in [0.05, 0.1) is 28.1 Å². The van der Waals surface area contributed by atoms with Gasteiger partial charge >= 0.3 is 12.3 Å². The van der Waals surface area contributed by atoms with Crippen molar-refractivity contribution < 1.29 is 36.3 Å². The molecule has 6 N–H and O–H groups in total. The number of nitrogens with one attached hydrogen (secondary N) is 4. The molecule has 1 aromatic carbocycles. The first-order valence-corrected chi connectivity index (χ1v) is 17.3. The largest absolute Gasteiger partial charge is 0.447 e. The number of hydrogen-bond donors (Lipinski definition) is 5. The van der Waals surface area contributed by atoms with Crippen LogP contribution < -0.4 is 26.6 Å². The van der Waals surface area contributed by atoms with Gasteiger partial charge in [-0.3, -0.25) is 36.2 Å². The summed E-state index contributed by atoms with van der Waals surface area (Å²) in [6.07, 6.45) is -4.96. The maximum absolute atomic E-state index is 15.3. The van der Waals surface area contributed by atoms with E-state index in [0.29, 0.717) is 22.0 Å². The number of benzene rings is 1. The van der Waals surface area contributed by atoms with Gasteiger partial charge in [-0.15, -0.1) is 0 Å². The number of ether oxygens (including phenoxy) is 1. The highest BCUT2D eigenvalue weighted by Crippen LogP contribution is 2.53. The highest BCUT2D eigenvalue weighted by atomic mass is 35.5. The third-order valence-corrected chi connectivity index (χ3v) is 10.5. The number of hydrazine groups is 2. The minimum atomic E-state index is -4.76. The van der Waals surface area contributed by atoms with Crippen LogP contribution in [0.25, 0.3) is 6.08 Å². The quantitative estimate of drug-likeness (QED) is 0.0426. The Labute approximate surface area is 312 Å². The average Bonchev–Trinajstić information content (AvgIpc) is 4.03. The Morgan fingerprint density at radius 3 is 2.41 bits per heavy atom. The summed E-state index contributed by atoms with van der Waals surface area (Å²) in [5, 5.41) is 19.8. The first kappa shape index (κ1) is 38.8. The SMILES string of the molecule is C=C1C=Cc2nc(C3CC3)ccc2N2C(=N)N([C@H](COC(=O)NC3(C(F)(F)F)CC3)c3ccc(Cl)c(N(NN)C(=N)C(F)F)c3)C(=O)[C@@]12C(=C)C(C)(C)C. The Morgan fingerprint density at radius 1 is 1.19 bits per heavy atom. The maximum Gasteiger partial charge on any atom is 0.411 e. The Bertz CT molecular complexity index is 1990. The fraction of sp³-hybridized carbons (Fsp3) is 0.417. The number of carbonyl (C=O) groups excluding carboxylic acids is 2. The van der Waals surface area contributed by atoms with Crippen molar-refractivity contribution in [2.75, 3.05) is 16.5 Å². The average molecular weight is 776 g/mol. The Hall–Kier alpha value is -4.87. The number of halogens is 6. The van der Waals surface area contributed by atoms with Crippen molar-refractivity contribution in [2.45, 2.75) is 82.1 Å². The van der Waals surface area contributed by atoms with E-state index in [0.717, 1.165) is 23.4 Å². The molecule has 2 atom stereocenters. The number of hydrogen-bond acceptors (Lipinski definition) is 8. The molecule has 2 amide bonds. The van der Waals surface area contributed by atoms with Crippen LogP contribution in [0.3, 0.4) is 0 Å². The molecule has 0 radical (unpaired) electrons. The first-order chi connectivity index (χ1) is 25.2. The first-order valence-electron chi connectivity index (χ1n) is 16.9. The van der Waals surface area contributed by atoms with E-state index in [1.54, 1.807) is 18.2 Å². The molecule has 0 bridgehead atoms. The zero-order valence-electron chi connectivity index (χ0n) is 29.6. The lowest BCUT2D eigenvalue weighted by Gasteiger charge is -2.42. The van der Waals surface area contributed by atoms with Crippen molar-refractivity contribution in [3.8, 4) is 0 Å². The van der Waals surface area contributed by atoms with E-state index in [1.807, 2.05) is 37.7 Å². The highest BCUT2D eigenvalue weighted by Gasteiger charge is 2.65. The number of nitrogens with two attached hydrogens (primary N) is 1. The monoisotopic (exact) mass is 775 g/mol. The molecule has 1 aromatic heterocycles. The van der Waals surface area contributed by atoms with Gasteiger partial charge in [0, 0.05) is 11.6 Å². The Morgan fingerprint density at radius 2 is 1.85 bits per heavy atom. The number of rotatable bonds is 10. The topological polar surface area (TPSA) is 164 Å². The Balaban J connectivity index is 1.50. The fourth-order valence-corrected chi connectivity index (χ4v) is 6.99. The predicted octanol–water partition coefficient (Wildman–Crippen LogP) is 7.11. The van der Waals surface area contributed by atoms with Crippen molar-refractivity contribution in [1.82, 2.24) is 20.7 Å². The molecule has 0 unspecified atom stereocenters. The Kier molecular flexibility index (Phi) is 9.68. The third kappa shape index (κ3) is 6.41. The second kappa shape index (κ2) is 13.5. The molecule has 0 spiro atoms. The van der Waals surface area contributed by atoms with Gasteiger partial charge in [0.15, 0.2) is 11.4 Å². The molecule has 2 aliphatic heterocycles. The van der Waals surface area contributed by atoms with Crippen LogP contribution in [0.1, 0.15) is 75.4 Å². The summed E-state index contributed by atoms with van der Waals surface area (Å²) in [5.41, 5.74) is -1.18. The summed E-state index contributed by atoms with van der Waals surface area (Å²) in [7, 11) is 0. The van der Waals surface area contributed by atoms with Crippen molar-refractivity contribution in [1.29, 1.82) is 10.8 Å². The van der Waals surface area contributed by atoms with E-state index in [2.05, 4.69) is 13.2 Å². The number of guanidine groups is 1. The van der Waals surface area contributed by atoms with Crippen LogP contribution in [0.2, 0.25) is 5.02 Å². The van der Waals surface area contributed by atoms with Crippen LogP contribution in [-0.4, -0.2) is 64.0 Å². The van der Waals surface area contributed by atoms with Gasteiger partial charge in [0.25, 0.3) is 12.3 Å². The van der Waals surface area contributed by atoms with Crippen LogP contribution >= 0.6 is 11.6 Å². The third-order valence-electron chi connectivity index (χ3n) is 10.2. The van der Waals surface area contributed by atoms with Crippen molar-refractivity contribution in [3.63, 3.8) is 0 Å². The van der Waals surface area contributed by atoms with Crippen LogP contribution in [0.15, 0.2) is 60.7 Å². The molecule has 3 fully saturated rings. The van der Waals surface area contributed by atoms with Crippen LogP contribution in [0.5, 0.6) is 0 Å². The van der Waals surface area contributed by atoms with Crippen molar-refractivity contribution in [2.24, 2.45) is 11.3 Å². The molecular weight excluding hydrogens is 737 g/mol. The molecule has 2 aliphatic carbocycles. The molecule has 54 heavy (non-hydrogen) atoms. The number of aromatic nitrogens is 1. The number of amides is 2. The highest BCUT2D eigenvalue weighted by molar-refractivity contribution is 6.34. The summed E-state index contributed by atoms with van der Waals surface area (Å²) in [4.78, 5) is 35.6. The molecule has 288 valence electrons. The van der Waals surface area contributed by atoms with E-state index in [1.165, 1.54) is 23.1 Å². The number of alkyl carbamates (subject to hydrolysis) is 1. The van der Waals surface area contributed by atoms with Crippen LogP contribution in [-0.2, 0) is 9.53 Å². The van der Waals surface area contributed by atoms with E-state index in [9.17, 15) is 32.2 Å². The minimum Gasteiger partial charge on any atom is -0.447 e. The number of amidine groups is 1. The van der Waals surface area contributed by atoms with Gasteiger partial charge in [-0.05, 0) is 78.1 Å². The molecule has 6 rings (SSSR count). The number of pyridine rings is 1. The lowest BCUT2D eigenvalue weighted by Crippen LogP contribution is -2.55. The van der Waals surface area contributed by atoms with Crippen molar-refractivity contribution in [3.05, 3.63) is 82.7 Å². The number of carbonyl (C=O) groups is 2. The summed E-state index contributed by atoms with van der Waals surface area (Å²) < 4.78 is 74.0. The van der Waals surface area contributed by atoms with Crippen LogP contribution in [0.4, 0.5) is 38.1 Å². The summed E-state index contributed by atoms with van der Waals surface area (Å²) >= 11 is 6.39. The zero-order chi connectivity index (χ0) is 39.7. The number of nitrogens with zero attached hydrogens (tertiary/aromatic N) is 4. The van der Waals surface area contributed by atoms with Gasteiger partial charge in [-0.2, -0.15) is 18.7 Å². The minimum absolute atomic E-state index is 0.0253. The summed E-state index contributed by atoms with van der Waals surface area (Å²) in [5.74, 6) is 3.28. The molecule has 12 nitrogen and oxygen atoms in total. The molecule has 18 heteroatoms. The number of alkyl halides is 5. The smallest absolute Gasteiger partial charge is 0.411 e. The van der Waals surface area contributed by atoms with E-state index >= 15 is 4.79 Å². The summed E-state index contributed by atoms with van der Waals surface area (Å²) in [6, 6.07) is 5.87. The second-order valence-corrected chi connectivity index (χ2v) is 15.1. The second-order valence-electron chi connectivity index (χ2n) is 14.7. The lowest BCUT2D eigenvalue weighted by molar-refractivity contribution is -0.164. The molecule has 1 saturated heterocycles. The van der Waals surface area contributed by atoms with Gasteiger partial charge < -0.3 is 10.1 Å². The number of fused-ring (bicyclic) bond motifs is 3. The van der Waals surface area contributed by atoms with Crippen molar-refractivity contribution >= 4 is 52.8 Å². The van der Waals surface area contributed by atoms with E-state index in [-0.39, 0.29) is 40.6 Å². The number of anilines is 2. The maximum atomic E-state index is 15.3. The molecule has 4 aliphatic rings. The normalized spacial score (nSPS) is 21.1. The molecule has 3 heterocycles.